The summed E-state index contributed by atoms with van der Waals surface area (Å²) in [5.41, 5.74) is 6.26. The third-order valence-corrected chi connectivity index (χ3v) is 2.17. The summed E-state index contributed by atoms with van der Waals surface area (Å²) in [4.78, 5) is 3.92. The summed E-state index contributed by atoms with van der Waals surface area (Å²) in [5, 5.41) is 0. The molecule has 0 radical (unpaired) electrons. The first-order valence-electron chi connectivity index (χ1n) is 3.27. The standard InChI is InChI=1S/C7H5BrFN3/c8-6-5-2-1-4(9)3-12(5)7(10)11-6/h1-3H,(H2,10,11). The summed E-state index contributed by atoms with van der Waals surface area (Å²) in [6, 6.07) is 2.98. The molecule has 0 fully saturated rings. The Bertz CT molecular complexity index is 437. The first kappa shape index (κ1) is 7.54. The van der Waals surface area contributed by atoms with Crippen LogP contribution in [-0.4, -0.2) is 9.38 Å². The number of halogens is 2. The number of nitrogen functional groups attached to an aromatic ring is 1. The molecule has 0 bridgehead atoms. The number of imidazole rings is 1. The molecular formula is C7H5BrFN3. The Morgan fingerprint density at radius 1 is 1.50 bits per heavy atom. The van der Waals surface area contributed by atoms with Gasteiger partial charge in [-0.1, -0.05) is 0 Å². The number of hydrogen-bond acceptors (Lipinski definition) is 2. The van der Waals surface area contributed by atoms with E-state index in [1.807, 2.05) is 0 Å². The lowest BCUT2D eigenvalue weighted by molar-refractivity contribution is 0.619. The molecule has 0 spiro atoms. The normalized spacial score (nSPS) is 10.8. The lowest BCUT2D eigenvalue weighted by Crippen LogP contribution is -1.94. The zero-order valence-electron chi connectivity index (χ0n) is 5.96. The van der Waals surface area contributed by atoms with Crippen molar-refractivity contribution in [3.8, 4) is 0 Å². The van der Waals surface area contributed by atoms with Gasteiger partial charge in [0.1, 0.15) is 10.4 Å². The van der Waals surface area contributed by atoms with Gasteiger partial charge in [0, 0.05) is 6.20 Å². The van der Waals surface area contributed by atoms with Crippen LogP contribution in [0.3, 0.4) is 0 Å². The lowest BCUT2D eigenvalue weighted by Gasteiger charge is -1.94. The Morgan fingerprint density at radius 2 is 2.25 bits per heavy atom. The molecule has 0 aliphatic heterocycles. The van der Waals surface area contributed by atoms with E-state index in [4.69, 9.17) is 5.73 Å². The monoisotopic (exact) mass is 229 g/mol. The summed E-state index contributed by atoms with van der Waals surface area (Å²) in [6.07, 6.45) is 1.29. The Balaban J connectivity index is 2.90. The number of pyridine rings is 1. The largest absolute Gasteiger partial charge is 0.369 e. The van der Waals surface area contributed by atoms with Gasteiger partial charge in [0.05, 0.1) is 5.52 Å². The van der Waals surface area contributed by atoms with Gasteiger partial charge in [-0.3, -0.25) is 4.40 Å². The maximum atomic E-state index is 12.7. The maximum absolute atomic E-state index is 12.7. The fourth-order valence-electron chi connectivity index (χ4n) is 1.04. The van der Waals surface area contributed by atoms with E-state index in [2.05, 4.69) is 20.9 Å². The molecule has 0 aromatic carbocycles. The molecule has 5 heteroatoms. The second-order valence-electron chi connectivity index (χ2n) is 2.36. The topological polar surface area (TPSA) is 43.3 Å². The predicted octanol–water partition coefficient (Wildman–Crippen LogP) is 1.82. The second kappa shape index (κ2) is 2.45. The van der Waals surface area contributed by atoms with E-state index in [-0.39, 0.29) is 11.8 Å². The summed E-state index contributed by atoms with van der Waals surface area (Å²) >= 11 is 3.21. The van der Waals surface area contributed by atoms with E-state index < -0.39 is 0 Å². The van der Waals surface area contributed by atoms with E-state index in [1.165, 1.54) is 16.7 Å². The van der Waals surface area contributed by atoms with Crippen LogP contribution in [-0.2, 0) is 0 Å². The Kier molecular flexibility index (Phi) is 1.54. The average molecular weight is 230 g/mol. The van der Waals surface area contributed by atoms with E-state index in [9.17, 15) is 4.39 Å². The van der Waals surface area contributed by atoms with Crippen molar-refractivity contribution in [2.45, 2.75) is 0 Å². The number of rotatable bonds is 0. The fourth-order valence-corrected chi connectivity index (χ4v) is 1.55. The molecule has 2 aromatic heterocycles. The molecule has 2 N–H and O–H groups in total. The molecule has 2 aromatic rings. The lowest BCUT2D eigenvalue weighted by atomic mass is 10.4. The van der Waals surface area contributed by atoms with E-state index in [0.717, 1.165) is 5.52 Å². The number of anilines is 1. The van der Waals surface area contributed by atoms with Crippen LogP contribution in [0.25, 0.3) is 5.52 Å². The number of nitrogens with zero attached hydrogens (tertiary/aromatic N) is 2. The van der Waals surface area contributed by atoms with Crippen LogP contribution in [0.2, 0.25) is 0 Å². The van der Waals surface area contributed by atoms with E-state index in [1.54, 1.807) is 6.07 Å². The highest BCUT2D eigenvalue weighted by molar-refractivity contribution is 9.10. The van der Waals surface area contributed by atoms with Gasteiger partial charge < -0.3 is 5.73 Å². The summed E-state index contributed by atoms with van der Waals surface area (Å²) in [6.45, 7) is 0. The zero-order valence-corrected chi connectivity index (χ0v) is 7.55. The first-order chi connectivity index (χ1) is 5.68. The quantitative estimate of drug-likeness (QED) is 0.749. The molecule has 12 heavy (non-hydrogen) atoms. The number of aromatic nitrogens is 2. The Hall–Kier alpha value is -1.10. The molecule has 62 valence electrons. The molecule has 2 rings (SSSR count). The average Bonchev–Trinajstić information content (AvgIpc) is 2.28. The van der Waals surface area contributed by atoms with Crippen LogP contribution in [0.1, 0.15) is 0 Å². The van der Waals surface area contributed by atoms with Crippen molar-refractivity contribution in [1.82, 2.24) is 9.38 Å². The third kappa shape index (κ3) is 0.972. The van der Waals surface area contributed by atoms with Crippen LogP contribution in [0.4, 0.5) is 10.3 Å². The van der Waals surface area contributed by atoms with Crippen LogP contribution in [0, 0.1) is 5.82 Å². The van der Waals surface area contributed by atoms with E-state index >= 15 is 0 Å². The molecule has 0 saturated heterocycles. The van der Waals surface area contributed by atoms with E-state index in [0.29, 0.717) is 4.60 Å². The van der Waals surface area contributed by atoms with Crippen molar-refractivity contribution in [2.75, 3.05) is 5.73 Å². The van der Waals surface area contributed by atoms with Crippen molar-refractivity contribution in [3.05, 3.63) is 28.7 Å². The summed E-state index contributed by atoms with van der Waals surface area (Å²) in [7, 11) is 0. The molecule has 2 heterocycles. The second-order valence-corrected chi connectivity index (χ2v) is 3.11. The van der Waals surface area contributed by atoms with Gasteiger partial charge in [-0.25, -0.2) is 9.37 Å². The highest BCUT2D eigenvalue weighted by Gasteiger charge is 2.05. The van der Waals surface area contributed by atoms with Crippen LogP contribution >= 0.6 is 15.9 Å². The number of fused-ring (bicyclic) bond motifs is 1. The SMILES string of the molecule is Nc1nc(Br)c2ccc(F)cn12. The molecule has 0 atom stereocenters. The van der Waals surface area contributed by atoms with Crippen LogP contribution < -0.4 is 5.73 Å². The molecular weight excluding hydrogens is 225 g/mol. The van der Waals surface area contributed by atoms with Gasteiger partial charge in [0.15, 0.2) is 0 Å². The van der Waals surface area contributed by atoms with Gasteiger partial charge in [-0.2, -0.15) is 0 Å². The fraction of sp³-hybridized carbons (Fsp3) is 0. The molecule has 0 saturated carbocycles. The molecule has 0 unspecified atom stereocenters. The molecule has 0 aliphatic carbocycles. The van der Waals surface area contributed by atoms with Crippen LogP contribution in [0.15, 0.2) is 22.9 Å². The van der Waals surface area contributed by atoms with Crippen molar-refractivity contribution in [3.63, 3.8) is 0 Å². The van der Waals surface area contributed by atoms with Gasteiger partial charge in [-0.15, -0.1) is 0 Å². The Morgan fingerprint density at radius 3 is 3.00 bits per heavy atom. The van der Waals surface area contributed by atoms with Crippen LogP contribution in [0.5, 0.6) is 0 Å². The summed E-state index contributed by atoms with van der Waals surface area (Å²) < 4.78 is 14.8. The first-order valence-corrected chi connectivity index (χ1v) is 4.06. The molecule has 0 aliphatic rings. The Labute approximate surface area is 76.1 Å². The van der Waals surface area contributed by atoms with Crippen molar-refractivity contribution in [1.29, 1.82) is 0 Å². The minimum absolute atomic E-state index is 0.274. The number of nitrogens with two attached hydrogens (primary N) is 1. The van der Waals surface area contributed by atoms with Crippen molar-refractivity contribution < 1.29 is 4.39 Å². The predicted molar refractivity (Wildman–Crippen MR) is 47.3 cm³/mol. The van der Waals surface area contributed by atoms with Gasteiger partial charge in [0.2, 0.25) is 5.95 Å². The maximum Gasteiger partial charge on any atom is 0.206 e. The molecule has 0 amide bonds. The minimum Gasteiger partial charge on any atom is -0.369 e. The summed E-state index contributed by atoms with van der Waals surface area (Å²) in [5.74, 6) is -0.0597. The zero-order chi connectivity index (χ0) is 8.72. The highest BCUT2D eigenvalue weighted by atomic mass is 79.9. The van der Waals surface area contributed by atoms with Crippen molar-refractivity contribution >= 4 is 27.4 Å². The van der Waals surface area contributed by atoms with Gasteiger partial charge in [0.25, 0.3) is 0 Å². The van der Waals surface area contributed by atoms with Crippen molar-refractivity contribution in [2.24, 2.45) is 0 Å². The third-order valence-electron chi connectivity index (χ3n) is 1.58. The molecule has 3 nitrogen and oxygen atoms in total. The van der Waals surface area contributed by atoms with Gasteiger partial charge in [-0.05, 0) is 28.1 Å². The highest BCUT2D eigenvalue weighted by Crippen LogP contribution is 2.20. The smallest absolute Gasteiger partial charge is 0.206 e. The van der Waals surface area contributed by atoms with Gasteiger partial charge >= 0.3 is 0 Å². The number of hydrogen-bond donors (Lipinski definition) is 1. The minimum atomic E-state index is -0.334.